The zero-order valence-corrected chi connectivity index (χ0v) is 22.4. The lowest BCUT2D eigenvalue weighted by molar-refractivity contribution is -0.210. The Bertz CT molecular complexity index is 1290. The number of benzene rings is 1. The van der Waals surface area contributed by atoms with Crippen LogP contribution in [-0.4, -0.2) is 36.9 Å². The lowest BCUT2D eigenvalue weighted by atomic mass is 9.43. The molecular weight excluding hydrogens is 488 g/mol. The van der Waals surface area contributed by atoms with Crippen LogP contribution in [0.1, 0.15) is 63.7 Å². The maximum Gasteiger partial charge on any atom is 0.310 e. The number of aryl methyl sites for hydroxylation is 1. The molecule has 3 fully saturated rings. The van der Waals surface area contributed by atoms with Crippen molar-refractivity contribution in [2.75, 3.05) is 7.11 Å². The molecule has 1 aromatic carbocycles. The van der Waals surface area contributed by atoms with Crippen LogP contribution in [0.25, 0.3) is 11.3 Å². The summed E-state index contributed by atoms with van der Waals surface area (Å²) in [6.07, 6.45) is 1.29. The Hall–Kier alpha value is -3.42. The predicted octanol–water partition coefficient (Wildman–Crippen LogP) is 4.98. The largest absolute Gasteiger partial charge is 0.469 e. The minimum atomic E-state index is -1.07. The van der Waals surface area contributed by atoms with E-state index < -0.39 is 52.7 Å². The molecule has 202 valence electrons. The second-order valence-corrected chi connectivity index (χ2v) is 11.6. The van der Waals surface area contributed by atoms with Crippen LogP contribution in [0, 0.1) is 35.5 Å². The molecule has 7 atom stereocenters. The smallest absolute Gasteiger partial charge is 0.310 e. The van der Waals surface area contributed by atoms with Crippen LogP contribution in [0.15, 0.2) is 41.0 Å². The Morgan fingerprint density at radius 2 is 1.87 bits per heavy atom. The van der Waals surface area contributed by atoms with Crippen molar-refractivity contribution in [2.45, 2.75) is 65.6 Å². The van der Waals surface area contributed by atoms with Gasteiger partial charge in [-0.3, -0.25) is 19.2 Å². The minimum Gasteiger partial charge on any atom is -0.469 e. The standard InChI is InChI=1S/C30H34O8/c1-16-7-6-8-18(13-16)25-19(10-12-36-25)23-15-30(4)20(28(34)38-23)9-11-29(3)21(27(33)35-5)14-22(37-17(2)31)24(32)26(29)30/h6-8,10,12-13,20-23,26H,9,11,14-15H2,1-5H3/t20-,21-,22-,23-,26-,29-,30-/m0/s1. The second-order valence-electron chi connectivity index (χ2n) is 11.6. The molecule has 8 heteroatoms. The van der Waals surface area contributed by atoms with Crippen molar-refractivity contribution in [3.05, 3.63) is 47.7 Å². The molecule has 1 aliphatic heterocycles. The van der Waals surface area contributed by atoms with Crippen molar-refractivity contribution in [1.82, 2.24) is 0 Å². The molecule has 0 unspecified atom stereocenters. The van der Waals surface area contributed by atoms with E-state index in [0.29, 0.717) is 25.0 Å². The van der Waals surface area contributed by atoms with Crippen molar-refractivity contribution < 1.29 is 37.8 Å². The number of ketones is 1. The number of hydrogen-bond donors (Lipinski definition) is 0. The first kappa shape index (κ1) is 26.2. The first-order valence-corrected chi connectivity index (χ1v) is 13.1. The van der Waals surface area contributed by atoms with Gasteiger partial charge in [0.25, 0.3) is 0 Å². The van der Waals surface area contributed by atoms with Crippen LogP contribution in [0.3, 0.4) is 0 Å². The highest BCUT2D eigenvalue weighted by molar-refractivity contribution is 5.93. The van der Waals surface area contributed by atoms with Gasteiger partial charge < -0.3 is 18.6 Å². The van der Waals surface area contributed by atoms with Gasteiger partial charge in [0.15, 0.2) is 11.9 Å². The maximum absolute atomic E-state index is 14.0. The summed E-state index contributed by atoms with van der Waals surface area (Å²) in [5, 5.41) is 0. The highest BCUT2D eigenvalue weighted by atomic mass is 16.6. The second kappa shape index (κ2) is 9.40. The van der Waals surface area contributed by atoms with Crippen LogP contribution >= 0.6 is 0 Å². The Balaban J connectivity index is 1.58. The van der Waals surface area contributed by atoms with E-state index in [1.54, 1.807) is 6.26 Å². The van der Waals surface area contributed by atoms with Crippen LogP contribution in [0.5, 0.6) is 0 Å². The van der Waals surface area contributed by atoms with Gasteiger partial charge in [-0.25, -0.2) is 0 Å². The molecule has 38 heavy (non-hydrogen) atoms. The Kier molecular flexibility index (Phi) is 6.48. The zero-order valence-electron chi connectivity index (χ0n) is 22.4. The van der Waals surface area contributed by atoms with E-state index in [0.717, 1.165) is 16.7 Å². The SMILES string of the molecule is COC(=O)[C@@H]1C[C@H](OC(C)=O)C(=O)[C@H]2[C@@]1(C)CC[C@H]1C(=O)O[C@H](c3ccoc3-c3cccc(C)c3)C[C@]21C. The minimum absolute atomic E-state index is 0.0753. The Morgan fingerprint density at radius 3 is 2.55 bits per heavy atom. The fourth-order valence-corrected chi connectivity index (χ4v) is 7.59. The fraction of sp³-hybridized carbons (Fsp3) is 0.533. The number of ether oxygens (including phenoxy) is 3. The molecule has 0 amide bonds. The number of carbonyl (C=O) groups excluding carboxylic acids is 4. The van der Waals surface area contributed by atoms with Crippen LogP contribution in [0.2, 0.25) is 0 Å². The van der Waals surface area contributed by atoms with Gasteiger partial charge in [0.2, 0.25) is 0 Å². The van der Waals surface area contributed by atoms with Gasteiger partial charge in [0.1, 0.15) is 11.9 Å². The number of carbonyl (C=O) groups is 4. The summed E-state index contributed by atoms with van der Waals surface area (Å²) in [6.45, 7) is 7.13. The number of furan rings is 1. The Morgan fingerprint density at radius 1 is 1.11 bits per heavy atom. The molecule has 3 aliphatic rings. The van der Waals surface area contributed by atoms with E-state index in [1.807, 2.05) is 51.1 Å². The predicted molar refractivity (Wildman–Crippen MR) is 135 cm³/mol. The number of hydrogen-bond acceptors (Lipinski definition) is 8. The average molecular weight is 523 g/mol. The molecule has 0 spiro atoms. The molecule has 0 N–H and O–H groups in total. The van der Waals surface area contributed by atoms with Crippen LogP contribution < -0.4 is 0 Å². The molecule has 0 bridgehead atoms. The van der Waals surface area contributed by atoms with Crippen molar-refractivity contribution >= 4 is 23.7 Å². The zero-order chi connectivity index (χ0) is 27.4. The van der Waals surface area contributed by atoms with Gasteiger partial charge in [-0.05, 0) is 49.1 Å². The molecule has 1 saturated heterocycles. The maximum atomic E-state index is 14.0. The number of methoxy groups -OCH3 is 1. The topological polar surface area (TPSA) is 109 Å². The first-order chi connectivity index (χ1) is 18.0. The molecule has 2 aromatic rings. The summed E-state index contributed by atoms with van der Waals surface area (Å²) < 4.78 is 22.4. The molecule has 8 nitrogen and oxygen atoms in total. The molecule has 2 saturated carbocycles. The lowest BCUT2D eigenvalue weighted by Gasteiger charge is -2.61. The molecule has 5 rings (SSSR count). The van der Waals surface area contributed by atoms with Gasteiger partial charge in [0, 0.05) is 30.4 Å². The highest BCUT2D eigenvalue weighted by Gasteiger charge is 2.67. The third-order valence-corrected chi connectivity index (χ3v) is 9.22. The lowest BCUT2D eigenvalue weighted by Crippen LogP contribution is -2.64. The first-order valence-electron chi connectivity index (χ1n) is 13.1. The summed E-state index contributed by atoms with van der Waals surface area (Å²) in [5.41, 5.74) is 1.08. The molecule has 2 heterocycles. The summed E-state index contributed by atoms with van der Waals surface area (Å²) in [5.74, 6) is -2.89. The summed E-state index contributed by atoms with van der Waals surface area (Å²) in [7, 11) is 1.32. The third-order valence-electron chi connectivity index (χ3n) is 9.22. The van der Waals surface area contributed by atoms with Gasteiger partial charge >= 0.3 is 17.9 Å². The molecule has 0 radical (unpaired) electrons. The molecular formula is C30H34O8. The van der Waals surface area contributed by atoms with Crippen LogP contribution in [0.4, 0.5) is 0 Å². The van der Waals surface area contributed by atoms with E-state index in [-0.39, 0.29) is 18.2 Å². The third kappa shape index (κ3) is 4.05. The van der Waals surface area contributed by atoms with E-state index in [9.17, 15) is 19.2 Å². The summed E-state index contributed by atoms with van der Waals surface area (Å²) in [4.78, 5) is 52.4. The molecule has 1 aromatic heterocycles. The summed E-state index contributed by atoms with van der Waals surface area (Å²) in [6, 6.07) is 9.69. The summed E-state index contributed by atoms with van der Waals surface area (Å²) >= 11 is 0. The number of rotatable bonds is 4. The van der Waals surface area contributed by atoms with Crippen molar-refractivity contribution in [3.8, 4) is 11.3 Å². The van der Waals surface area contributed by atoms with E-state index in [4.69, 9.17) is 18.6 Å². The number of esters is 3. The van der Waals surface area contributed by atoms with E-state index in [1.165, 1.54) is 14.0 Å². The van der Waals surface area contributed by atoms with E-state index >= 15 is 0 Å². The number of fused-ring (bicyclic) bond motifs is 3. The number of Topliss-reactive ketones (excluding diaryl/α,β-unsaturated/α-hetero) is 1. The van der Waals surface area contributed by atoms with Gasteiger partial charge in [-0.1, -0.05) is 37.6 Å². The quantitative estimate of drug-likeness (QED) is 0.409. The Labute approximate surface area is 222 Å². The average Bonchev–Trinajstić information content (AvgIpc) is 3.34. The van der Waals surface area contributed by atoms with Crippen molar-refractivity contribution in [2.24, 2.45) is 28.6 Å². The van der Waals surface area contributed by atoms with Crippen molar-refractivity contribution in [3.63, 3.8) is 0 Å². The normalized spacial score (nSPS) is 34.5. The monoisotopic (exact) mass is 522 g/mol. The molecule has 2 aliphatic carbocycles. The fourth-order valence-electron chi connectivity index (χ4n) is 7.59. The van der Waals surface area contributed by atoms with Gasteiger partial charge in [0.05, 0.1) is 25.2 Å². The van der Waals surface area contributed by atoms with Gasteiger partial charge in [-0.15, -0.1) is 0 Å². The van der Waals surface area contributed by atoms with E-state index in [2.05, 4.69) is 0 Å². The van der Waals surface area contributed by atoms with Crippen LogP contribution in [-0.2, 0) is 33.4 Å². The van der Waals surface area contributed by atoms with Gasteiger partial charge in [-0.2, -0.15) is 0 Å². The highest BCUT2D eigenvalue weighted by Crippen LogP contribution is 2.65. The number of cyclic esters (lactones) is 1. The van der Waals surface area contributed by atoms with Crippen molar-refractivity contribution in [1.29, 1.82) is 0 Å².